The molecule has 3 nitrogen and oxygen atoms in total. The van der Waals surface area contributed by atoms with Crippen LogP contribution in [0, 0.1) is 5.95 Å². The standard InChI is InChI=1S/C10H12FNO2/c1-3-7(2)14-10(13)8-4-5-12-9(11)6-8/h4-7H,3H2,1-2H3. The monoisotopic (exact) mass is 197 g/mol. The Labute approximate surface area is 81.9 Å². The average molecular weight is 197 g/mol. The summed E-state index contributed by atoms with van der Waals surface area (Å²) in [5, 5.41) is 0. The summed E-state index contributed by atoms with van der Waals surface area (Å²) < 4.78 is 17.6. The number of hydrogen-bond acceptors (Lipinski definition) is 3. The highest BCUT2D eigenvalue weighted by molar-refractivity contribution is 5.89. The van der Waals surface area contributed by atoms with Crippen molar-refractivity contribution >= 4 is 5.97 Å². The van der Waals surface area contributed by atoms with Crippen LogP contribution >= 0.6 is 0 Å². The molecular weight excluding hydrogens is 185 g/mol. The Bertz CT molecular complexity index is 328. The summed E-state index contributed by atoms with van der Waals surface area (Å²) in [5.74, 6) is -1.19. The molecule has 1 rings (SSSR count). The average Bonchev–Trinajstić information content (AvgIpc) is 2.17. The summed E-state index contributed by atoms with van der Waals surface area (Å²) in [4.78, 5) is 14.7. The predicted octanol–water partition coefficient (Wildman–Crippen LogP) is 2.18. The first-order valence-corrected chi connectivity index (χ1v) is 4.46. The van der Waals surface area contributed by atoms with Crippen molar-refractivity contribution < 1.29 is 13.9 Å². The summed E-state index contributed by atoms with van der Waals surface area (Å²) in [6, 6.07) is 2.48. The number of nitrogens with zero attached hydrogens (tertiary/aromatic N) is 1. The molecule has 0 aliphatic rings. The first-order chi connectivity index (χ1) is 6.63. The molecular formula is C10H12FNO2. The molecule has 14 heavy (non-hydrogen) atoms. The lowest BCUT2D eigenvalue weighted by molar-refractivity contribution is 0.0333. The van der Waals surface area contributed by atoms with E-state index >= 15 is 0 Å². The molecule has 1 atom stereocenters. The molecule has 1 aromatic heterocycles. The Balaban J connectivity index is 2.70. The largest absolute Gasteiger partial charge is 0.459 e. The van der Waals surface area contributed by atoms with E-state index in [2.05, 4.69) is 4.98 Å². The van der Waals surface area contributed by atoms with Gasteiger partial charge in [0.15, 0.2) is 0 Å². The molecule has 0 aromatic carbocycles. The van der Waals surface area contributed by atoms with E-state index in [4.69, 9.17) is 4.74 Å². The second-order valence-electron chi connectivity index (χ2n) is 2.99. The van der Waals surface area contributed by atoms with Gasteiger partial charge in [-0.25, -0.2) is 9.78 Å². The molecule has 76 valence electrons. The minimum absolute atomic E-state index is 0.154. The lowest BCUT2D eigenvalue weighted by atomic mass is 10.2. The third-order valence-corrected chi connectivity index (χ3v) is 1.85. The molecule has 0 bridgehead atoms. The summed E-state index contributed by atoms with van der Waals surface area (Å²) >= 11 is 0. The summed E-state index contributed by atoms with van der Waals surface area (Å²) in [6.45, 7) is 3.69. The Morgan fingerprint density at radius 1 is 1.71 bits per heavy atom. The van der Waals surface area contributed by atoms with Gasteiger partial charge in [-0.1, -0.05) is 6.92 Å². The van der Waals surface area contributed by atoms with Gasteiger partial charge in [-0.2, -0.15) is 4.39 Å². The summed E-state index contributed by atoms with van der Waals surface area (Å²) in [7, 11) is 0. The number of rotatable bonds is 3. The predicted molar refractivity (Wildman–Crippen MR) is 49.4 cm³/mol. The molecule has 0 radical (unpaired) electrons. The van der Waals surface area contributed by atoms with Crippen molar-refractivity contribution in [1.29, 1.82) is 0 Å². The van der Waals surface area contributed by atoms with E-state index in [1.54, 1.807) is 6.92 Å². The molecule has 0 aliphatic carbocycles. The van der Waals surface area contributed by atoms with Gasteiger partial charge in [-0.15, -0.1) is 0 Å². The first kappa shape index (κ1) is 10.6. The van der Waals surface area contributed by atoms with Crippen molar-refractivity contribution in [2.45, 2.75) is 26.4 Å². The number of carbonyl (C=O) groups excluding carboxylic acids is 1. The van der Waals surface area contributed by atoms with Crippen LogP contribution in [0.1, 0.15) is 30.6 Å². The smallest absolute Gasteiger partial charge is 0.338 e. The molecule has 0 fully saturated rings. The third-order valence-electron chi connectivity index (χ3n) is 1.85. The Kier molecular flexibility index (Phi) is 3.56. The maximum absolute atomic E-state index is 12.6. The molecule has 1 unspecified atom stereocenters. The van der Waals surface area contributed by atoms with Gasteiger partial charge >= 0.3 is 5.97 Å². The maximum atomic E-state index is 12.6. The van der Waals surface area contributed by atoms with Gasteiger partial charge in [-0.05, 0) is 19.4 Å². The van der Waals surface area contributed by atoms with Crippen molar-refractivity contribution in [3.8, 4) is 0 Å². The number of hydrogen-bond donors (Lipinski definition) is 0. The van der Waals surface area contributed by atoms with Gasteiger partial charge in [0, 0.05) is 12.3 Å². The highest BCUT2D eigenvalue weighted by Crippen LogP contribution is 2.06. The van der Waals surface area contributed by atoms with Gasteiger partial charge in [0.1, 0.15) is 0 Å². The molecule has 0 saturated heterocycles. The minimum atomic E-state index is -0.677. The number of pyridine rings is 1. The van der Waals surface area contributed by atoms with Crippen molar-refractivity contribution in [1.82, 2.24) is 4.98 Å². The van der Waals surface area contributed by atoms with Crippen molar-refractivity contribution in [2.24, 2.45) is 0 Å². The fourth-order valence-electron chi connectivity index (χ4n) is 0.864. The highest BCUT2D eigenvalue weighted by atomic mass is 19.1. The lowest BCUT2D eigenvalue weighted by Crippen LogP contribution is -2.14. The highest BCUT2D eigenvalue weighted by Gasteiger charge is 2.11. The lowest BCUT2D eigenvalue weighted by Gasteiger charge is -2.10. The van der Waals surface area contributed by atoms with Crippen LogP contribution in [0.25, 0.3) is 0 Å². The van der Waals surface area contributed by atoms with E-state index in [0.717, 1.165) is 12.5 Å². The number of carbonyl (C=O) groups is 1. The molecule has 1 aromatic rings. The second kappa shape index (κ2) is 4.69. The minimum Gasteiger partial charge on any atom is -0.459 e. The number of esters is 1. The first-order valence-electron chi connectivity index (χ1n) is 4.46. The second-order valence-corrected chi connectivity index (χ2v) is 2.99. The van der Waals surface area contributed by atoms with E-state index in [-0.39, 0.29) is 11.7 Å². The van der Waals surface area contributed by atoms with Gasteiger partial charge in [-0.3, -0.25) is 0 Å². The van der Waals surface area contributed by atoms with Crippen LogP contribution in [-0.4, -0.2) is 17.1 Å². The number of ether oxygens (including phenoxy) is 1. The Morgan fingerprint density at radius 3 is 3.00 bits per heavy atom. The summed E-state index contributed by atoms with van der Waals surface area (Å²) in [5.41, 5.74) is 0.192. The molecule has 0 spiro atoms. The Hall–Kier alpha value is -1.45. The van der Waals surface area contributed by atoms with Crippen molar-refractivity contribution in [3.63, 3.8) is 0 Å². The van der Waals surface area contributed by atoms with Crippen LogP contribution in [0.3, 0.4) is 0 Å². The molecule has 1 heterocycles. The molecule has 4 heteroatoms. The maximum Gasteiger partial charge on any atom is 0.338 e. The zero-order valence-corrected chi connectivity index (χ0v) is 8.16. The SMILES string of the molecule is CCC(C)OC(=O)c1ccnc(F)c1. The van der Waals surface area contributed by atoms with Crippen LogP contribution in [0.5, 0.6) is 0 Å². The van der Waals surface area contributed by atoms with Crippen LogP contribution < -0.4 is 0 Å². The topological polar surface area (TPSA) is 39.2 Å². The van der Waals surface area contributed by atoms with Gasteiger partial charge in [0.05, 0.1) is 11.7 Å². The zero-order chi connectivity index (χ0) is 10.6. The van der Waals surface area contributed by atoms with Crippen molar-refractivity contribution in [3.05, 3.63) is 29.8 Å². The van der Waals surface area contributed by atoms with Crippen LogP contribution in [0.4, 0.5) is 4.39 Å². The van der Waals surface area contributed by atoms with Gasteiger partial charge in [0.25, 0.3) is 0 Å². The normalized spacial score (nSPS) is 12.2. The number of halogens is 1. The Morgan fingerprint density at radius 2 is 2.43 bits per heavy atom. The molecule has 0 saturated carbocycles. The number of aromatic nitrogens is 1. The molecule has 0 N–H and O–H groups in total. The van der Waals surface area contributed by atoms with E-state index in [9.17, 15) is 9.18 Å². The molecule has 0 aliphatic heterocycles. The quantitative estimate of drug-likeness (QED) is 0.550. The van der Waals surface area contributed by atoms with Crippen LogP contribution in [0.15, 0.2) is 18.3 Å². The van der Waals surface area contributed by atoms with Crippen LogP contribution in [-0.2, 0) is 4.74 Å². The van der Waals surface area contributed by atoms with E-state index < -0.39 is 11.9 Å². The fourth-order valence-corrected chi connectivity index (χ4v) is 0.864. The molecule has 0 amide bonds. The van der Waals surface area contributed by atoms with E-state index in [0.29, 0.717) is 0 Å². The van der Waals surface area contributed by atoms with E-state index in [1.807, 2.05) is 6.92 Å². The van der Waals surface area contributed by atoms with Crippen molar-refractivity contribution in [2.75, 3.05) is 0 Å². The van der Waals surface area contributed by atoms with E-state index in [1.165, 1.54) is 12.3 Å². The zero-order valence-electron chi connectivity index (χ0n) is 8.16. The third kappa shape index (κ3) is 2.80. The van der Waals surface area contributed by atoms with Gasteiger partial charge in [0.2, 0.25) is 5.95 Å². The fraction of sp³-hybridized carbons (Fsp3) is 0.400. The summed E-state index contributed by atoms with van der Waals surface area (Å²) in [6.07, 6.45) is 1.82. The van der Waals surface area contributed by atoms with Crippen LogP contribution in [0.2, 0.25) is 0 Å². The van der Waals surface area contributed by atoms with Gasteiger partial charge < -0.3 is 4.74 Å².